The second kappa shape index (κ2) is 3.11. The van der Waals surface area contributed by atoms with Crippen LogP contribution in [0.25, 0.3) is 5.65 Å². The van der Waals surface area contributed by atoms with Crippen molar-refractivity contribution in [2.75, 3.05) is 0 Å². The van der Waals surface area contributed by atoms with Crippen LogP contribution in [0.4, 0.5) is 13.2 Å². The molecule has 0 spiro atoms. The Morgan fingerprint density at radius 3 is 2.73 bits per heavy atom. The summed E-state index contributed by atoms with van der Waals surface area (Å²) in [6, 6.07) is 1.35. The van der Waals surface area contributed by atoms with Crippen LogP contribution in [0.2, 0.25) is 0 Å². The monoisotopic (exact) mass is 217 g/mol. The van der Waals surface area contributed by atoms with E-state index in [1.54, 1.807) is 0 Å². The fourth-order valence-electron chi connectivity index (χ4n) is 1.27. The molecule has 0 fully saturated rings. The van der Waals surface area contributed by atoms with Crippen LogP contribution in [0.3, 0.4) is 0 Å². The summed E-state index contributed by atoms with van der Waals surface area (Å²) in [5, 5.41) is 0. The molecule has 2 aromatic heterocycles. The van der Waals surface area contributed by atoms with Gasteiger partial charge in [-0.3, -0.25) is 8.97 Å². The van der Waals surface area contributed by atoms with Gasteiger partial charge in [0.25, 0.3) is 0 Å². The van der Waals surface area contributed by atoms with Crippen LogP contribution in [0, 0.1) is 0 Å². The molecule has 4 nitrogen and oxygen atoms in total. The molecule has 0 amide bonds. The summed E-state index contributed by atoms with van der Waals surface area (Å²) in [5.41, 5.74) is -0.416. The first-order valence-corrected chi connectivity index (χ1v) is 4.07. The standard InChI is InChI=1S/C8H6F3N3O/c9-8(10,11)5-13-3-1-6-12-2-4-14(6)7(13)15/h1-4H,5H2. The highest BCUT2D eigenvalue weighted by Crippen LogP contribution is 2.16. The minimum Gasteiger partial charge on any atom is -0.291 e. The zero-order chi connectivity index (χ0) is 11.1. The first kappa shape index (κ1) is 9.75. The van der Waals surface area contributed by atoms with Crippen molar-refractivity contribution in [3.8, 4) is 0 Å². The molecule has 15 heavy (non-hydrogen) atoms. The molecule has 0 aliphatic heterocycles. The van der Waals surface area contributed by atoms with E-state index in [4.69, 9.17) is 0 Å². The largest absolute Gasteiger partial charge is 0.406 e. The minimum absolute atomic E-state index is 0.332. The van der Waals surface area contributed by atoms with E-state index in [-0.39, 0.29) is 0 Å². The number of alkyl halides is 3. The molecule has 2 rings (SSSR count). The Bertz CT molecular complexity index is 540. The third-order valence-electron chi connectivity index (χ3n) is 1.87. The Morgan fingerprint density at radius 1 is 1.33 bits per heavy atom. The van der Waals surface area contributed by atoms with Crippen molar-refractivity contribution in [1.82, 2.24) is 14.0 Å². The van der Waals surface area contributed by atoms with Crippen LogP contribution in [0.5, 0.6) is 0 Å². The van der Waals surface area contributed by atoms with Crippen LogP contribution in [-0.4, -0.2) is 20.1 Å². The Kier molecular flexibility index (Phi) is 2.02. The van der Waals surface area contributed by atoms with E-state index in [0.29, 0.717) is 10.2 Å². The van der Waals surface area contributed by atoms with E-state index in [0.717, 1.165) is 10.6 Å². The van der Waals surface area contributed by atoms with Gasteiger partial charge in [-0.05, 0) is 6.07 Å². The van der Waals surface area contributed by atoms with Gasteiger partial charge in [0.15, 0.2) is 0 Å². The van der Waals surface area contributed by atoms with Gasteiger partial charge in [-0.1, -0.05) is 0 Å². The molecule has 0 unspecified atom stereocenters. The predicted molar refractivity (Wildman–Crippen MR) is 45.5 cm³/mol. The van der Waals surface area contributed by atoms with Crippen molar-refractivity contribution in [2.24, 2.45) is 0 Å². The van der Waals surface area contributed by atoms with E-state index in [1.165, 1.54) is 18.5 Å². The minimum atomic E-state index is -4.40. The lowest BCUT2D eigenvalue weighted by atomic mass is 10.5. The molecular formula is C8H6F3N3O. The van der Waals surface area contributed by atoms with Gasteiger partial charge in [0, 0.05) is 18.6 Å². The van der Waals surface area contributed by atoms with E-state index < -0.39 is 18.4 Å². The summed E-state index contributed by atoms with van der Waals surface area (Å²) < 4.78 is 37.8. The molecule has 2 aromatic rings. The SMILES string of the molecule is O=c1n(CC(F)(F)F)ccc2nccn12. The van der Waals surface area contributed by atoms with Crippen molar-refractivity contribution in [1.29, 1.82) is 0 Å². The van der Waals surface area contributed by atoms with Gasteiger partial charge >= 0.3 is 11.9 Å². The molecule has 0 aliphatic rings. The second-order valence-electron chi connectivity index (χ2n) is 3.00. The molecule has 0 aliphatic carbocycles. The summed E-state index contributed by atoms with van der Waals surface area (Å²) in [4.78, 5) is 15.2. The maximum Gasteiger partial charge on any atom is 0.406 e. The number of rotatable bonds is 1. The Labute approximate surface area is 81.6 Å². The number of aromatic nitrogens is 3. The fraction of sp³-hybridized carbons (Fsp3) is 0.250. The van der Waals surface area contributed by atoms with Crippen molar-refractivity contribution < 1.29 is 13.2 Å². The Morgan fingerprint density at radius 2 is 2.07 bits per heavy atom. The third-order valence-corrected chi connectivity index (χ3v) is 1.87. The van der Waals surface area contributed by atoms with E-state index in [2.05, 4.69) is 4.98 Å². The van der Waals surface area contributed by atoms with Crippen LogP contribution in [0.1, 0.15) is 0 Å². The zero-order valence-corrected chi connectivity index (χ0v) is 7.40. The van der Waals surface area contributed by atoms with Gasteiger partial charge in [0.1, 0.15) is 12.2 Å². The molecule has 0 aromatic carbocycles. The lowest BCUT2D eigenvalue weighted by Crippen LogP contribution is -2.31. The Hall–Kier alpha value is -1.79. The van der Waals surface area contributed by atoms with Crippen molar-refractivity contribution in [3.05, 3.63) is 35.1 Å². The van der Waals surface area contributed by atoms with Gasteiger partial charge in [-0.25, -0.2) is 9.78 Å². The van der Waals surface area contributed by atoms with Gasteiger partial charge in [0.2, 0.25) is 0 Å². The molecule has 7 heteroatoms. The average Bonchev–Trinajstić information content (AvgIpc) is 2.56. The molecule has 0 radical (unpaired) electrons. The molecule has 0 N–H and O–H groups in total. The van der Waals surface area contributed by atoms with Gasteiger partial charge in [0.05, 0.1) is 0 Å². The smallest absolute Gasteiger partial charge is 0.291 e. The van der Waals surface area contributed by atoms with Crippen LogP contribution in [0.15, 0.2) is 29.5 Å². The lowest BCUT2D eigenvalue weighted by Gasteiger charge is -2.08. The molecular weight excluding hydrogens is 211 g/mol. The maximum atomic E-state index is 12.1. The molecule has 0 atom stereocenters. The van der Waals surface area contributed by atoms with E-state index in [1.807, 2.05) is 0 Å². The Balaban J connectivity index is 2.53. The number of hydrogen-bond donors (Lipinski definition) is 0. The number of imidazole rings is 1. The van der Waals surface area contributed by atoms with Crippen LogP contribution < -0.4 is 5.69 Å². The van der Waals surface area contributed by atoms with Crippen molar-refractivity contribution in [3.63, 3.8) is 0 Å². The summed E-state index contributed by atoms with van der Waals surface area (Å²) in [6.45, 7) is -1.29. The molecule has 2 heterocycles. The molecule has 0 bridgehead atoms. The molecule has 80 valence electrons. The van der Waals surface area contributed by atoms with Crippen molar-refractivity contribution >= 4 is 5.65 Å². The third kappa shape index (κ3) is 1.85. The molecule has 0 saturated carbocycles. The molecule has 0 saturated heterocycles. The van der Waals surface area contributed by atoms with Crippen LogP contribution >= 0.6 is 0 Å². The quantitative estimate of drug-likeness (QED) is 0.716. The van der Waals surface area contributed by atoms with Gasteiger partial charge in [-0.2, -0.15) is 13.2 Å². The predicted octanol–water partition coefficient (Wildman–Crippen LogP) is 1.06. The highest BCUT2D eigenvalue weighted by molar-refractivity contribution is 5.35. The topological polar surface area (TPSA) is 39.3 Å². The highest BCUT2D eigenvalue weighted by atomic mass is 19.4. The first-order valence-electron chi connectivity index (χ1n) is 4.07. The summed E-state index contributed by atoms with van der Waals surface area (Å²) in [6.07, 6.45) is -0.643. The second-order valence-corrected chi connectivity index (χ2v) is 3.00. The normalized spacial score (nSPS) is 12.2. The highest BCUT2D eigenvalue weighted by Gasteiger charge is 2.28. The summed E-state index contributed by atoms with van der Waals surface area (Å²) in [5.74, 6) is 0. The first-order chi connectivity index (χ1) is 6.97. The van der Waals surface area contributed by atoms with Crippen LogP contribution in [-0.2, 0) is 6.54 Å². The van der Waals surface area contributed by atoms with E-state index in [9.17, 15) is 18.0 Å². The number of hydrogen-bond acceptors (Lipinski definition) is 2. The number of nitrogens with zero attached hydrogens (tertiary/aromatic N) is 3. The van der Waals surface area contributed by atoms with Gasteiger partial charge in [-0.15, -0.1) is 0 Å². The number of halogens is 3. The average molecular weight is 217 g/mol. The summed E-state index contributed by atoms with van der Waals surface area (Å²) >= 11 is 0. The summed E-state index contributed by atoms with van der Waals surface area (Å²) in [7, 11) is 0. The lowest BCUT2D eigenvalue weighted by molar-refractivity contribution is -0.141. The number of fused-ring (bicyclic) bond motifs is 1. The fourth-order valence-corrected chi connectivity index (χ4v) is 1.27. The zero-order valence-electron chi connectivity index (χ0n) is 7.40. The van der Waals surface area contributed by atoms with Gasteiger partial charge < -0.3 is 0 Å². The van der Waals surface area contributed by atoms with E-state index >= 15 is 0 Å². The maximum absolute atomic E-state index is 12.1. The van der Waals surface area contributed by atoms with Crippen molar-refractivity contribution in [2.45, 2.75) is 12.7 Å².